The van der Waals surface area contributed by atoms with Crippen molar-refractivity contribution in [1.29, 1.82) is 0 Å². The first kappa shape index (κ1) is 16.5. The molecule has 0 radical (unpaired) electrons. The molecule has 1 saturated heterocycles. The molecule has 0 saturated carbocycles. The number of cyclic esters (lactones) is 1. The van der Waals surface area contributed by atoms with Crippen LogP contribution in [0.25, 0.3) is 0 Å². The maximum Gasteiger partial charge on any atom is 0.337 e. The second kappa shape index (κ2) is 6.65. The Balaban J connectivity index is 1.90. The Hall–Kier alpha value is -2.34. The van der Waals surface area contributed by atoms with Crippen molar-refractivity contribution in [1.82, 2.24) is 0 Å². The molecule has 2 aromatic rings. The Labute approximate surface area is 147 Å². The van der Waals surface area contributed by atoms with Crippen LogP contribution >= 0.6 is 15.9 Å². The van der Waals surface area contributed by atoms with Crippen molar-refractivity contribution in [3.63, 3.8) is 0 Å². The number of hydrogen-bond acceptors (Lipinski definition) is 5. The predicted octanol–water partition coefficient (Wildman–Crippen LogP) is 3.63. The van der Waals surface area contributed by atoms with Crippen molar-refractivity contribution in [2.75, 3.05) is 14.2 Å². The molecule has 24 heavy (non-hydrogen) atoms. The van der Waals surface area contributed by atoms with Crippen LogP contribution in [0, 0.1) is 0 Å². The Morgan fingerprint density at radius 3 is 2.42 bits per heavy atom. The average molecular weight is 391 g/mol. The molecule has 0 aliphatic carbocycles. The zero-order chi connectivity index (χ0) is 17.3. The molecule has 5 nitrogen and oxygen atoms in total. The predicted molar refractivity (Wildman–Crippen MR) is 90.0 cm³/mol. The van der Waals surface area contributed by atoms with Gasteiger partial charge in [-0.05, 0) is 41.5 Å². The van der Waals surface area contributed by atoms with Gasteiger partial charge in [0, 0.05) is 4.47 Å². The Morgan fingerprint density at radius 1 is 1.12 bits per heavy atom. The Kier molecular flexibility index (Phi) is 4.57. The number of benzene rings is 2. The number of halogens is 1. The number of esters is 2. The molecule has 3 rings (SSSR count). The second-order valence-corrected chi connectivity index (χ2v) is 6.19. The third-order valence-electron chi connectivity index (χ3n) is 4.00. The van der Waals surface area contributed by atoms with Gasteiger partial charge in [-0.1, -0.05) is 28.1 Å². The molecule has 0 amide bonds. The summed E-state index contributed by atoms with van der Waals surface area (Å²) in [6.07, 6.45) is -0.396. The van der Waals surface area contributed by atoms with Gasteiger partial charge in [-0.3, -0.25) is 4.79 Å². The lowest BCUT2D eigenvalue weighted by Gasteiger charge is -2.36. The highest BCUT2D eigenvalue weighted by atomic mass is 79.9. The van der Waals surface area contributed by atoms with Crippen LogP contribution in [0.2, 0.25) is 0 Å². The lowest BCUT2D eigenvalue weighted by Crippen LogP contribution is -2.36. The van der Waals surface area contributed by atoms with Gasteiger partial charge in [0.25, 0.3) is 0 Å². The van der Waals surface area contributed by atoms with Gasteiger partial charge in [-0.25, -0.2) is 4.79 Å². The second-order valence-electron chi connectivity index (χ2n) is 5.34. The van der Waals surface area contributed by atoms with E-state index in [1.165, 1.54) is 7.11 Å². The lowest BCUT2D eigenvalue weighted by molar-refractivity contribution is -0.176. The number of carbonyl (C=O) groups is 2. The largest absolute Gasteiger partial charge is 0.497 e. The fourth-order valence-electron chi connectivity index (χ4n) is 2.68. The number of methoxy groups -OCH3 is 2. The van der Waals surface area contributed by atoms with Crippen molar-refractivity contribution in [3.05, 3.63) is 63.6 Å². The molecule has 0 unspecified atom stereocenters. The lowest BCUT2D eigenvalue weighted by atomic mass is 9.84. The van der Waals surface area contributed by atoms with Crippen molar-refractivity contribution < 1.29 is 23.8 Å². The SMILES string of the molecule is COC(=O)c1ccc([C@@H]2OC(=O)[C@@H]2c2cc(OC)ccc2Br)cc1. The van der Waals surface area contributed by atoms with E-state index >= 15 is 0 Å². The zero-order valence-electron chi connectivity index (χ0n) is 13.1. The fraction of sp³-hybridized carbons (Fsp3) is 0.222. The highest BCUT2D eigenvalue weighted by molar-refractivity contribution is 9.10. The molecule has 1 fully saturated rings. The van der Waals surface area contributed by atoms with E-state index in [1.54, 1.807) is 31.4 Å². The number of hydrogen-bond donors (Lipinski definition) is 0. The molecule has 2 aromatic carbocycles. The fourth-order valence-corrected chi connectivity index (χ4v) is 3.18. The van der Waals surface area contributed by atoms with Crippen molar-refractivity contribution in [2.24, 2.45) is 0 Å². The van der Waals surface area contributed by atoms with Crippen LogP contribution in [0.3, 0.4) is 0 Å². The summed E-state index contributed by atoms with van der Waals surface area (Å²) in [6.45, 7) is 0. The third-order valence-corrected chi connectivity index (χ3v) is 4.72. The van der Waals surface area contributed by atoms with Gasteiger partial charge in [0.05, 0.1) is 19.8 Å². The van der Waals surface area contributed by atoms with E-state index in [4.69, 9.17) is 9.47 Å². The minimum absolute atomic E-state index is 0.286. The average Bonchev–Trinajstić information content (AvgIpc) is 2.61. The molecular formula is C18H15BrO5. The Bertz CT molecular complexity index is 784. The summed E-state index contributed by atoms with van der Waals surface area (Å²) in [7, 11) is 2.91. The van der Waals surface area contributed by atoms with E-state index < -0.39 is 18.0 Å². The van der Waals surface area contributed by atoms with Crippen molar-refractivity contribution >= 4 is 27.9 Å². The topological polar surface area (TPSA) is 61.8 Å². The standard InChI is InChI=1S/C18H15BrO5/c1-22-12-7-8-14(19)13(9-12)15-16(24-18(15)21)10-3-5-11(6-4-10)17(20)23-2/h3-9,15-16H,1-2H3/t15-,16+/m1/s1. The van der Waals surface area contributed by atoms with E-state index in [0.29, 0.717) is 11.3 Å². The monoisotopic (exact) mass is 390 g/mol. The van der Waals surface area contributed by atoms with Gasteiger partial charge in [0.15, 0.2) is 0 Å². The minimum atomic E-state index is -0.418. The maximum absolute atomic E-state index is 12.0. The highest BCUT2D eigenvalue weighted by Crippen LogP contribution is 2.46. The van der Waals surface area contributed by atoms with E-state index in [2.05, 4.69) is 20.7 Å². The molecular weight excluding hydrogens is 376 g/mol. The summed E-state index contributed by atoms with van der Waals surface area (Å²) >= 11 is 3.48. The summed E-state index contributed by atoms with van der Waals surface area (Å²) in [5.41, 5.74) is 2.08. The molecule has 6 heteroatoms. The zero-order valence-corrected chi connectivity index (χ0v) is 14.7. The molecule has 1 heterocycles. The maximum atomic E-state index is 12.0. The van der Waals surface area contributed by atoms with Crippen LogP contribution in [0.15, 0.2) is 46.9 Å². The minimum Gasteiger partial charge on any atom is -0.497 e. The summed E-state index contributed by atoms with van der Waals surface area (Å²) in [5.74, 6) is -0.434. The molecule has 0 spiro atoms. The molecule has 124 valence electrons. The van der Waals surface area contributed by atoms with E-state index in [9.17, 15) is 9.59 Å². The molecule has 0 aromatic heterocycles. The van der Waals surface area contributed by atoms with Crippen molar-refractivity contribution in [3.8, 4) is 5.75 Å². The van der Waals surface area contributed by atoms with Crippen LogP contribution in [0.4, 0.5) is 0 Å². The first-order chi connectivity index (χ1) is 11.5. The molecule has 0 bridgehead atoms. The van der Waals surface area contributed by atoms with Crippen LogP contribution < -0.4 is 4.74 Å². The van der Waals surface area contributed by atoms with Gasteiger partial charge in [-0.15, -0.1) is 0 Å². The first-order valence-electron chi connectivity index (χ1n) is 7.27. The number of ether oxygens (including phenoxy) is 3. The van der Waals surface area contributed by atoms with Gasteiger partial charge in [-0.2, -0.15) is 0 Å². The van der Waals surface area contributed by atoms with Gasteiger partial charge in [0.1, 0.15) is 17.8 Å². The molecule has 2 atom stereocenters. The van der Waals surface area contributed by atoms with E-state index in [-0.39, 0.29) is 5.97 Å². The molecule has 0 N–H and O–H groups in total. The molecule has 1 aliphatic heterocycles. The number of rotatable bonds is 4. The quantitative estimate of drug-likeness (QED) is 0.745. The van der Waals surface area contributed by atoms with Crippen LogP contribution in [-0.2, 0) is 14.3 Å². The molecule has 1 aliphatic rings. The summed E-state index contributed by atoms with van der Waals surface area (Å²) in [6, 6.07) is 12.3. The third kappa shape index (κ3) is 2.89. The van der Waals surface area contributed by atoms with Gasteiger partial charge < -0.3 is 14.2 Å². The normalized spacial score (nSPS) is 19.2. The van der Waals surface area contributed by atoms with Crippen LogP contribution in [0.5, 0.6) is 5.75 Å². The van der Waals surface area contributed by atoms with Gasteiger partial charge in [0.2, 0.25) is 0 Å². The summed E-state index contributed by atoms with van der Waals surface area (Å²) < 4.78 is 16.1. The van der Waals surface area contributed by atoms with Crippen molar-refractivity contribution in [2.45, 2.75) is 12.0 Å². The van der Waals surface area contributed by atoms with Crippen LogP contribution in [-0.4, -0.2) is 26.2 Å². The van der Waals surface area contributed by atoms with Gasteiger partial charge >= 0.3 is 11.9 Å². The van der Waals surface area contributed by atoms with Crippen LogP contribution in [0.1, 0.15) is 33.5 Å². The first-order valence-corrected chi connectivity index (χ1v) is 8.06. The van der Waals surface area contributed by atoms with E-state index in [0.717, 1.165) is 15.6 Å². The number of carbonyl (C=O) groups excluding carboxylic acids is 2. The summed E-state index contributed by atoms with van der Waals surface area (Å²) in [4.78, 5) is 23.5. The smallest absolute Gasteiger partial charge is 0.337 e. The Morgan fingerprint density at radius 2 is 1.83 bits per heavy atom. The highest BCUT2D eigenvalue weighted by Gasteiger charge is 2.45. The summed E-state index contributed by atoms with van der Waals surface area (Å²) in [5, 5.41) is 0. The van der Waals surface area contributed by atoms with E-state index in [1.807, 2.05) is 18.2 Å².